The normalized spacial score (nSPS) is 11.7. The quantitative estimate of drug-likeness (QED) is 0.440. The molecule has 7 heteroatoms. The number of hydrogen-bond donors (Lipinski definition) is 2. The highest BCUT2D eigenvalue weighted by Gasteiger charge is 2.21. The van der Waals surface area contributed by atoms with Crippen molar-refractivity contribution in [1.82, 2.24) is 5.32 Å². The Labute approximate surface area is 112 Å². The van der Waals surface area contributed by atoms with Gasteiger partial charge in [-0.25, -0.2) is 4.79 Å². The second-order valence-corrected chi connectivity index (χ2v) is 3.85. The minimum Gasteiger partial charge on any atom is -0.480 e. The number of carbonyl (C=O) groups is 3. The first-order valence-electron chi connectivity index (χ1n) is 6.26. The summed E-state index contributed by atoms with van der Waals surface area (Å²) in [5.74, 6) is -2.18. The fourth-order valence-electron chi connectivity index (χ4n) is 1.30. The van der Waals surface area contributed by atoms with Crippen molar-refractivity contribution in [2.45, 2.75) is 39.2 Å². The number of rotatable bonds is 10. The molecule has 0 aliphatic carbocycles. The zero-order valence-corrected chi connectivity index (χ0v) is 11.3. The van der Waals surface area contributed by atoms with Crippen LogP contribution in [0.1, 0.15) is 33.1 Å². The number of carbonyl (C=O) groups excluding carboxylic acids is 2. The standard InChI is InChI=1S/C12H21NO6/c1-3-7-18-8-10(14)13-9(12(16)17)5-6-11(15)19-4-2/h9H,3-8H2,1-2H3,(H,13,14)(H,16,17)/t9-/m0/s1. The second-order valence-electron chi connectivity index (χ2n) is 3.85. The van der Waals surface area contributed by atoms with Crippen molar-refractivity contribution in [2.75, 3.05) is 19.8 Å². The average molecular weight is 275 g/mol. The van der Waals surface area contributed by atoms with Gasteiger partial charge < -0.3 is 19.9 Å². The molecule has 0 saturated carbocycles. The van der Waals surface area contributed by atoms with Crippen LogP contribution in [-0.4, -0.2) is 48.8 Å². The van der Waals surface area contributed by atoms with E-state index in [2.05, 4.69) is 10.1 Å². The summed E-state index contributed by atoms with van der Waals surface area (Å²) in [7, 11) is 0. The number of amides is 1. The van der Waals surface area contributed by atoms with Crippen LogP contribution < -0.4 is 5.32 Å². The topological polar surface area (TPSA) is 102 Å². The fraction of sp³-hybridized carbons (Fsp3) is 0.750. The summed E-state index contributed by atoms with van der Waals surface area (Å²) in [6.07, 6.45) is 0.715. The molecular weight excluding hydrogens is 254 g/mol. The molecule has 0 aliphatic rings. The van der Waals surface area contributed by atoms with Crippen molar-refractivity contribution in [3.8, 4) is 0 Å². The maximum absolute atomic E-state index is 11.4. The van der Waals surface area contributed by atoms with E-state index >= 15 is 0 Å². The van der Waals surface area contributed by atoms with Gasteiger partial charge in [-0.2, -0.15) is 0 Å². The fourth-order valence-corrected chi connectivity index (χ4v) is 1.30. The molecule has 0 aromatic rings. The second kappa shape index (κ2) is 10.3. The van der Waals surface area contributed by atoms with E-state index in [0.717, 1.165) is 6.42 Å². The van der Waals surface area contributed by atoms with E-state index in [1.807, 2.05) is 6.92 Å². The van der Waals surface area contributed by atoms with Crippen LogP contribution >= 0.6 is 0 Å². The minimum atomic E-state index is -1.19. The van der Waals surface area contributed by atoms with Gasteiger partial charge in [0, 0.05) is 13.0 Å². The van der Waals surface area contributed by atoms with Gasteiger partial charge >= 0.3 is 11.9 Å². The number of aliphatic carboxylic acids is 1. The molecule has 19 heavy (non-hydrogen) atoms. The van der Waals surface area contributed by atoms with E-state index in [-0.39, 0.29) is 26.1 Å². The zero-order valence-electron chi connectivity index (χ0n) is 11.3. The highest BCUT2D eigenvalue weighted by Crippen LogP contribution is 2.00. The first kappa shape index (κ1) is 17.4. The van der Waals surface area contributed by atoms with Gasteiger partial charge in [0.2, 0.25) is 5.91 Å². The Balaban J connectivity index is 4.08. The van der Waals surface area contributed by atoms with E-state index in [1.165, 1.54) is 0 Å². The summed E-state index contributed by atoms with van der Waals surface area (Å²) in [6, 6.07) is -1.11. The van der Waals surface area contributed by atoms with E-state index in [9.17, 15) is 14.4 Å². The molecule has 0 aliphatic heterocycles. The summed E-state index contributed by atoms with van der Waals surface area (Å²) < 4.78 is 9.68. The molecule has 110 valence electrons. The largest absolute Gasteiger partial charge is 0.480 e. The van der Waals surface area contributed by atoms with Crippen molar-refractivity contribution >= 4 is 17.8 Å². The molecule has 1 atom stereocenters. The van der Waals surface area contributed by atoms with Crippen molar-refractivity contribution in [3.05, 3.63) is 0 Å². The van der Waals surface area contributed by atoms with Crippen LogP contribution in [0.5, 0.6) is 0 Å². The average Bonchev–Trinajstić information content (AvgIpc) is 2.34. The molecule has 2 N–H and O–H groups in total. The molecule has 0 aromatic carbocycles. The van der Waals surface area contributed by atoms with Gasteiger partial charge in [-0.3, -0.25) is 9.59 Å². The maximum atomic E-state index is 11.4. The summed E-state index contributed by atoms with van der Waals surface area (Å²) in [5.41, 5.74) is 0. The molecule has 0 heterocycles. The molecule has 0 radical (unpaired) electrons. The Bertz CT molecular complexity index is 305. The number of esters is 1. The minimum absolute atomic E-state index is 0.00627. The smallest absolute Gasteiger partial charge is 0.326 e. The first-order chi connectivity index (χ1) is 9.01. The van der Waals surface area contributed by atoms with Gasteiger partial charge in [-0.1, -0.05) is 6.92 Å². The van der Waals surface area contributed by atoms with Gasteiger partial charge in [-0.05, 0) is 19.8 Å². The SMILES string of the molecule is CCCOCC(=O)N[C@@H](CCC(=O)OCC)C(=O)O. The Kier molecular flexibility index (Phi) is 9.42. The number of carboxylic acid groups (broad SMARTS) is 1. The Morgan fingerprint density at radius 1 is 1.26 bits per heavy atom. The highest BCUT2D eigenvalue weighted by atomic mass is 16.5. The molecule has 7 nitrogen and oxygen atoms in total. The summed E-state index contributed by atoms with van der Waals surface area (Å²) in [5, 5.41) is 11.2. The number of nitrogens with one attached hydrogen (secondary N) is 1. The van der Waals surface area contributed by atoms with Crippen molar-refractivity contribution in [3.63, 3.8) is 0 Å². The van der Waals surface area contributed by atoms with E-state index in [0.29, 0.717) is 6.61 Å². The number of carboxylic acids is 1. The van der Waals surface area contributed by atoms with Crippen LogP contribution in [-0.2, 0) is 23.9 Å². The molecule has 1 amide bonds. The van der Waals surface area contributed by atoms with Gasteiger partial charge in [0.1, 0.15) is 12.6 Å². The summed E-state index contributed by atoms with van der Waals surface area (Å²) in [6.45, 7) is 4.07. The zero-order chi connectivity index (χ0) is 14.7. The van der Waals surface area contributed by atoms with Gasteiger partial charge in [0.25, 0.3) is 0 Å². The van der Waals surface area contributed by atoms with Crippen molar-refractivity contribution < 1.29 is 29.0 Å². The van der Waals surface area contributed by atoms with Crippen LogP contribution in [0.3, 0.4) is 0 Å². The third-order valence-corrected chi connectivity index (χ3v) is 2.16. The Hall–Kier alpha value is -1.63. The van der Waals surface area contributed by atoms with Crippen LogP contribution in [0, 0.1) is 0 Å². The third kappa shape index (κ3) is 9.01. The van der Waals surface area contributed by atoms with Crippen molar-refractivity contribution in [1.29, 1.82) is 0 Å². The van der Waals surface area contributed by atoms with Gasteiger partial charge in [-0.15, -0.1) is 0 Å². The third-order valence-electron chi connectivity index (χ3n) is 2.16. The molecular formula is C12H21NO6. The molecule has 0 aromatic heterocycles. The molecule has 0 rings (SSSR count). The number of ether oxygens (including phenoxy) is 2. The van der Waals surface area contributed by atoms with Crippen LogP contribution in [0.4, 0.5) is 0 Å². The molecule has 0 spiro atoms. The van der Waals surface area contributed by atoms with Crippen LogP contribution in [0.15, 0.2) is 0 Å². The van der Waals surface area contributed by atoms with Gasteiger partial charge in [0.05, 0.1) is 6.61 Å². The predicted octanol–water partition coefficient (Wildman–Crippen LogP) is 0.326. The van der Waals surface area contributed by atoms with Crippen LogP contribution in [0.25, 0.3) is 0 Å². The summed E-state index contributed by atoms with van der Waals surface area (Å²) >= 11 is 0. The molecule has 0 unspecified atom stereocenters. The lowest BCUT2D eigenvalue weighted by molar-refractivity contribution is -0.145. The lowest BCUT2D eigenvalue weighted by atomic mass is 10.1. The Morgan fingerprint density at radius 2 is 1.95 bits per heavy atom. The number of hydrogen-bond acceptors (Lipinski definition) is 5. The Morgan fingerprint density at radius 3 is 2.47 bits per heavy atom. The molecule has 0 fully saturated rings. The van der Waals surface area contributed by atoms with Crippen LogP contribution in [0.2, 0.25) is 0 Å². The van der Waals surface area contributed by atoms with E-state index in [1.54, 1.807) is 6.92 Å². The molecule has 0 saturated heterocycles. The maximum Gasteiger partial charge on any atom is 0.326 e. The highest BCUT2D eigenvalue weighted by molar-refractivity contribution is 5.84. The van der Waals surface area contributed by atoms with Gasteiger partial charge in [0.15, 0.2) is 0 Å². The summed E-state index contributed by atoms with van der Waals surface area (Å²) in [4.78, 5) is 33.4. The lowest BCUT2D eigenvalue weighted by Gasteiger charge is -2.14. The first-order valence-corrected chi connectivity index (χ1v) is 6.26. The van der Waals surface area contributed by atoms with E-state index in [4.69, 9.17) is 9.84 Å². The van der Waals surface area contributed by atoms with Crippen molar-refractivity contribution in [2.24, 2.45) is 0 Å². The lowest BCUT2D eigenvalue weighted by Crippen LogP contribution is -2.42. The molecule has 0 bridgehead atoms. The van der Waals surface area contributed by atoms with E-state index < -0.39 is 23.9 Å². The monoisotopic (exact) mass is 275 g/mol. The predicted molar refractivity (Wildman–Crippen MR) is 66.5 cm³/mol.